The van der Waals surface area contributed by atoms with Gasteiger partial charge in [0, 0.05) is 13.0 Å². The maximum Gasteiger partial charge on any atom is 0.309 e. The van der Waals surface area contributed by atoms with Gasteiger partial charge in [-0.3, -0.25) is 4.79 Å². The molecule has 0 fully saturated rings. The lowest BCUT2D eigenvalue weighted by Gasteiger charge is -2.08. The summed E-state index contributed by atoms with van der Waals surface area (Å²) in [6.45, 7) is 4.19. The normalized spacial score (nSPS) is 10.2. The molecule has 0 spiro atoms. The SMILES string of the molecule is CC(=O)Oc1cc(C)nn1CCOc1ccccc1. The molecule has 5 heteroatoms. The Morgan fingerprint density at radius 1 is 1.32 bits per heavy atom. The van der Waals surface area contributed by atoms with Gasteiger partial charge in [-0.1, -0.05) is 18.2 Å². The number of benzene rings is 1. The van der Waals surface area contributed by atoms with Crippen LogP contribution >= 0.6 is 0 Å². The second-order valence-electron chi connectivity index (χ2n) is 4.10. The molecule has 5 nitrogen and oxygen atoms in total. The van der Waals surface area contributed by atoms with Gasteiger partial charge in [0.15, 0.2) is 0 Å². The van der Waals surface area contributed by atoms with E-state index in [2.05, 4.69) is 5.10 Å². The fourth-order valence-electron chi connectivity index (χ4n) is 1.68. The number of nitrogens with zero attached hydrogens (tertiary/aromatic N) is 2. The van der Waals surface area contributed by atoms with Crippen molar-refractivity contribution >= 4 is 5.97 Å². The number of aromatic nitrogens is 2. The molecule has 1 aromatic carbocycles. The van der Waals surface area contributed by atoms with E-state index in [1.54, 1.807) is 10.7 Å². The summed E-state index contributed by atoms with van der Waals surface area (Å²) < 4.78 is 12.3. The van der Waals surface area contributed by atoms with E-state index in [1.165, 1.54) is 6.92 Å². The quantitative estimate of drug-likeness (QED) is 0.773. The largest absolute Gasteiger partial charge is 0.492 e. The molecule has 100 valence electrons. The third kappa shape index (κ3) is 3.84. The van der Waals surface area contributed by atoms with E-state index in [0.717, 1.165) is 11.4 Å². The van der Waals surface area contributed by atoms with Gasteiger partial charge in [-0.05, 0) is 19.1 Å². The number of carbonyl (C=O) groups excluding carboxylic acids is 1. The molecule has 0 aliphatic heterocycles. The van der Waals surface area contributed by atoms with Gasteiger partial charge in [0.1, 0.15) is 12.4 Å². The summed E-state index contributed by atoms with van der Waals surface area (Å²) in [4.78, 5) is 11.0. The number of aryl methyl sites for hydroxylation is 1. The highest BCUT2D eigenvalue weighted by Gasteiger charge is 2.08. The molecule has 0 unspecified atom stereocenters. The van der Waals surface area contributed by atoms with E-state index in [9.17, 15) is 4.79 Å². The molecular formula is C14H16N2O3. The Bertz CT molecular complexity index is 549. The standard InChI is InChI=1S/C14H16N2O3/c1-11-10-14(19-12(2)17)16(15-11)8-9-18-13-6-4-3-5-7-13/h3-7,10H,8-9H2,1-2H3. The monoisotopic (exact) mass is 260 g/mol. The Morgan fingerprint density at radius 2 is 2.05 bits per heavy atom. The van der Waals surface area contributed by atoms with Crippen LogP contribution in [-0.2, 0) is 11.3 Å². The van der Waals surface area contributed by atoms with Gasteiger partial charge in [-0.15, -0.1) is 0 Å². The summed E-state index contributed by atoms with van der Waals surface area (Å²) >= 11 is 0. The van der Waals surface area contributed by atoms with Crippen molar-refractivity contribution in [3.63, 3.8) is 0 Å². The molecule has 19 heavy (non-hydrogen) atoms. The second-order valence-corrected chi connectivity index (χ2v) is 4.10. The van der Waals surface area contributed by atoms with Gasteiger partial charge in [0.2, 0.25) is 5.88 Å². The van der Waals surface area contributed by atoms with Crippen molar-refractivity contribution < 1.29 is 14.3 Å². The molecule has 0 saturated heterocycles. The van der Waals surface area contributed by atoms with E-state index < -0.39 is 0 Å². The van der Waals surface area contributed by atoms with Crippen molar-refractivity contribution in [2.24, 2.45) is 0 Å². The summed E-state index contributed by atoms with van der Waals surface area (Å²) in [6.07, 6.45) is 0. The van der Waals surface area contributed by atoms with Crippen molar-refractivity contribution in [3.8, 4) is 11.6 Å². The van der Waals surface area contributed by atoms with Gasteiger partial charge < -0.3 is 9.47 Å². The first-order chi connectivity index (χ1) is 9.15. The Morgan fingerprint density at radius 3 is 2.74 bits per heavy atom. The van der Waals surface area contributed by atoms with Crippen LogP contribution in [-0.4, -0.2) is 22.4 Å². The number of carbonyl (C=O) groups is 1. The minimum absolute atomic E-state index is 0.356. The molecule has 0 amide bonds. The summed E-state index contributed by atoms with van der Waals surface area (Å²) in [5.41, 5.74) is 0.802. The zero-order valence-electron chi connectivity index (χ0n) is 11.0. The van der Waals surface area contributed by atoms with E-state index >= 15 is 0 Å². The molecule has 0 aliphatic carbocycles. The molecule has 1 aromatic heterocycles. The van der Waals surface area contributed by atoms with Gasteiger partial charge in [-0.25, -0.2) is 4.68 Å². The molecule has 0 saturated carbocycles. The van der Waals surface area contributed by atoms with Crippen molar-refractivity contribution in [3.05, 3.63) is 42.1 Å². The Balaban J connectivity index is 1.94. The van der Waals surface area contributed by atoms with E-state index in [1.807, 2.05) is 37.3 Å². The Hall–Kier alpha value is -2.30. The molecule has 2 rings (SSSR count). The highest BCUT2D eigenvalue weighted by Crippen LogP contribution is 2.14. The lowest BCUT2D eigenvalue weighted by atomic mass is 10.3. The number of hydrogen-bond donors (Lipinski definition) is 0. The van der Waals surface area contributed by atoms with Gasteiger partial charge in [0.05, 0.1) is 12.2 Å². The lowest BCUT2D eigenvalue weighted by Crippen LogP contribution is -2.13. The van der Waals surface area contributed by atoms with E-state index in [0.29, 0.717) is 19.0 Å². The van der Waals surface area contributed by atoms with Crippen LogP contribution < -0.4 is 9.47 Å². The smallest absolute Gasteiger partial charge is 0.309 e. The van der Waals surface area contributed by atoms with Crippen LogP contribution in [0.1, 0.15) is 12.6 Å². The number of para-hydroxylation sites is 1. The van der Waals surface area contributed by atoms with E-state index in [-0.39, 0.29) is 5.97 Å². The first-order valence-electron chi connectivity index (χ1n) is 6.06. The predicted molar refractivity (Wildman–Crippen MR) is 70.2 cm³/mol. The number of rotatable bonds is 5. The number of hydrogen-bond acceptors (Lipinski definition) is 4. The highest BCUT2D eigenvalue weighted by molar-refractivity contribution is 5.68. The number of esters is 1. The van der Waals surface area contributed by atoms with Gasteiger partial charge in [0.25, 0.3) is 0 Å². The molecule has 0 bridgehead atoms. The Labute approximate surface area is 111 Å². The van der Waals surface area contributed by atoms with Crippen molar-refractivity contribution in [2.45, 2.75) is 20.4 Å². The minimum atomic E-state index is -0.356. The summed E-state index contributed by atoms with van der Waals surface area (Å²) in [6, 6.07) is 11.3. The summed E-state index contributed by atoms with van der Waals surface area (Å²) in [5, 5.41) is 4.25. The van der Waals surface area contributed by atoms with Crippen LogP contribution in [0.3, 0.4) is 0 Å². The van der Waals surface area contributed by atoms with Gasteiger partial charge in [-0.2, -0.15) is 5.10 Å². The third-order valence-electron chi connectivity index (χ3n) is 2.43. The zero-order chi connectivity index (χ0) is 13.7. The van der Waals surface area contributed by atoms with Crippen LogP contribution in [0.25, 0.3) is 0 Å². The second kappa shape index (κ2) is 6.04. The molecule has 0 aliphatic rings. The van der Waals surface area contributed by atoms with Crippen LogP contribution in [0.4, 0.5) is 0 Å². The van der Waals surface area contributed by atoms with E-state index in [4.69, 9.17) is 9.47 Å². The van der Waals surface area contributed by atoms with Crippen molar-refractivity contribution in [1.29, 1.82) is 0 Å². The first kappa shape index (κ1) is 13.1. The average molecular weight is 260 g/mol. The third-order valence-corrected chi connectivity index (χ3v) is 2.43. The molecule has 0 radical (unpaired) electrons. The topological polar surface area (TPSA) is 53.3 Å². The minimum Gasteiger partial charge on any atom is -0.492 e. The molecule has 1 heterocycles. The lowest BCUT2D eigenvalue weighted by molar-refractivity contribution is -0.132. The summed E-state index contributed by atoms with van der Waals surface area (Å²) in [5.74, 6) is 0.896. The highest BCUT2D eigenvalue weighted by atomic mass is 16.5. The molecule has 2 aromatic rings. The number of ether oxygens (including phenoxy) is 2. The molecular weight excluding hydrogens is 244 g/mol. The van der Waals surface area contributed by atoms with Gasteiger partial charge >= 0.3 is 5.97 Å². The molecule has 0 N–H and O–H groups in total. The van der Waals surface area contributed by atoms with Crippen LogP contribution in [0.15, 0.2) is 36.4 Å². The van der Waals surface area contributed by atoms with Crippen LogP contribution in [0, 0.1) is 6.92 Å². The Kier molecular flexibility index (Phi) is 4.18. The fourth-order valence-corrected chi connectivity index (χ4v) is 1.68. The van der Waals surface area contributed by atoms with Crippen LogP contribution in [0.5, 0.6) is 11.6 Å². The van der Waals surface area contributed by atoms with Crippen molar-refractivity contribution in [2.75, 3.05) is 6.61 Å². The fraction of sp³-hybridized carbons (Fsp3) is 0.286. The first-order valence-corrected chi connectivity index (χ1v) is 6.06. The molecule has 0 atom stereocenters. The van der Waals surface area contributed by atoms with Crippen LogP contribution in [0.2, 0.25) is 0 Å². The maximum absolute atomic E-state index is 11.0. The zero-order valence-corrected chi connectivity index (χ0v) is 11.0. The van der Waals surface area contributed by atoms with Crippen molar-refractivity contribution in [1.82, 2.24) is 9.78 Å². The summed E-state index contributed by atoms with van der Waals surface area (Å²) in [7, 11) is 0. The average Bonchev–Trinajstić information content (AvgIpc) is 2.70. The predicted octanol–water partition coefficient (Wildman–Crippen LogP) is 2.20. The maximum atomic E-state index is 11.0.